The zero-order chi connectivity index (χ0) is 17.4. The largest absolute Gasteiger partial charge is 0.416 e. The number of nitrogens with zero attached hydrogens (tertiary/aromatic N) is 1. The lowest BCUT2D eigenvalue weighted by atomic mass is 10.0. The molecular weight excluding hydrogens is 321 g/mol. The summed E-state index contributed by atoms with van der Waals surface area (Å²) < 4.78 is 37.9. The number of H-pyrrole nitrogens is 1. The fourth-order valence-corrected chi connectivity index (χ4v) is 2.03. The average molecular weight is 336 g/mol. The van der Waals surface area contributed by atoms with E-state index in [4.69, 9.17) is 5.11 Å². The molecule has 23 heavy (non-hydrogen) atoms. The van der Waals surface area contributed by atoms with Gasteiger partial charge in [-0.25, -0.2) is 4.98 Å². The second kappa shape index (κ2) is 6.42. The molecule has 1 aromatic carbocycles. The summed E-state index contributed by atoms with van der Waals surface area (Å²) in [5.41, 5.74) is -0.816. The van der Waals surface area contributed by atoms with Crippen molar-refractivity contribution >= 4 is 11.0 Å². The first-order valence-electron chi connectivity index (χ1n) is 6.55. The molecule has 10 heteroatoms. The number of aliphatic hydroxyl groups is 5. The summed E-state index contributed by atoms with van der Waals surface area (Å²) in [4.78, 5) is 6.28. The van der Waals surface area contributed by atoms with Gasteiger partial charge in [0.1, 0.15) is 30.2 Å². The van der Waals surface area contributed by atoms with Crippen molar-refractivity contribution in [2.45, 2.75) is 30.6 Å². The van der Waals surface area contributed by atoms with Crippen molar-refractivity contribution in [2.75, 3.05) is 6.61 Å². The first-order valence-corrected chi connectivity index (χ1v) is 6.55. The fourth-order valence-electron chi connectivity index (χ4n) is 2.03. The number of rotatable bonds is 5. The number of aromatic amines is 1. The first kappa shape index (κ1) is 17.6. The summed E-state index contributed by atoms with van der Waals surface area (Å²) >= 11 is 0. The molecule has 0 fully saturated rings. The molecule has 0 aliphatic heterocycles. The van der Waals surface area contributed by atoms with Crippen molar-refractivity contribution in [3.8, 4) is 0 Å². The van der Waals surface area contributed by atoms with E-state index in [-0.39, 0.29) is 16.9 Å². The molecule has 0 saturated heterocycles. The lowest BCUT2D eigenvalue weighted by Gasteiger charge is -2.24. The Labute approximate surface area is 127 Å². The molecule has 0 bridgehead atoms. The number of hydrogen-bond donors (Lipinski definition) is 6. The van der Waals surface area contributed by atoms with Gasteiger partial charge in [-0.1, -0.05) is 0 Å². The van der Waals surface area contributed by atoms with Gasteiger partial charge in [-0.05, 0) is 18.2 Å². The molecule has 4 atom stereocenters. The smallest absolute Gasteiger partial charge is 0.394 e. The number of halogens is 3. The minimum absolute atomic E-state index is 0.0849. The molecule has 6 N–H and O–H groups in total. The van der Waals surface area contributed by atoms with E-state index in [0.717, 1.165) is 18.2 Å². The van der Waals surface area contributed by atoms with Gasteiger partial charge in [0, 0.05) is 0 Å². The van der Waals surface area contributed by atoms with Crippen molar-refractivity contribution in [3.63, 3.8) is 0 Å². The van der Waals surface area contributed by atoms with Gasteiger partial charge in [0.15, 0.2) is 0 Å². The molecule has 0 saturated carbocycles. The lowest BCUT2D eigenvalue weighted by Crippen LogP contribution is -2.42. The maximum absolute atomic E-state index is 12.6. The van der Waals surface area contributed by atoms with Crippen LogP contribution in [0, 0.1) is 0 Å². The van der Waals surface area contributed by atoms with E-state index >= 15 is 0 Å². The summed E-state index contributed by atoms with van der Waals surface area (Å²) in [7, 11) is 0. The molecule has 0 aliphatic carbocycles. The van der Waals surface area contributed by atoms with Gasteiger partial charge in [0.25, 0.3) is 0 Å². The van der Waals surface area contributed by atoms with Gasteiger partial charge in [0.05, 0.1) is 23.2 Å². The number of imidazole rings is 1. The number of aliphatic hydroxyl groups excluding tert-OH is 5. The van der Waals surface area contributed by atoms with Crippen LogP contribution >= 0.6 is 0 Å². The minimum Gasteiger partial charge on any atom is -0.394 e. The molecule has 2 rings (SSSR count). The van der Waals surface area contributed by atoms with Crippen LogP contribution < -0.4 is 0 Å². The second-order valence-electron chi connectivity index (χ2n) is 5.03. The van der Waals surface area contributed by atoms with Crippen molar-refractivity contribution in [1.29, 1.82) is 0 Å². The molecule has 0 spiro atoms. The molecule has 2 aromatic rings. The second-order valence-corrected chi connectivity index (χ2v) is 5.03. The van der Waals surface area contributed by atoms with Crippen LogP contribution in [0.5, 0.6) is 0 Å². The molecule has 0 radical (unpaired) electrons. The third kappa shape index (κ3) is 3.62. The molecular formula is C13H15F3N2O5. The van der Waals surface area contributed by atoms with Crippen LogP contribution in [0.2, 0.25) is 0 Å². The number of fused-ring (bicyclic) bond motifs is 1. The third-order valence-electron chi connectivity index (χ3n) is 3.36. The van der Waals surface area contributed by atoms with Crippen LogP contribution in [0.25, 0.3) is 11.0 Å². The highest BCUT2D eigenvalue weighted by molar-refractivity contribution is 5.76. The van der Waals surface area contributed by atoms with E-state index < -0.39 is 42.8 Å². The molecule has 128 valence electrons. The zero-order valence-corrected chi connectivity index (χ0v) is 11.6. The lowest BCUT2D eigenvalue weighted by molar-refractivity contribution is -0.137. The standard InChI is InChI=1S/C13H15F3N2O5/c14-13(15,16)5-1-2-6-7(3-5)18-12(17-6)11(23)10(22)9(21)8(20)4-19/h1-3,8-11,19-23H,4H2,(H,17,18)/t8?,9?,10?,11-/m1/s1. The monoisotopic (exact) mass is 336 g/mol. The maximum Gasteiger partial charge on any atom is 0.416 e. The van der Waals surface area contributed by atoms with Crippen LogP contribution in [0.4, 0.5) is 13.2 Å². The van der Waals surface area contributed by atoms with Crippen LogP contribution in [-0.4, -0.2) is 60.4 Å². The molecule has 3 unspecified atom stereocenters. The summed E-state index contributed by atoms with van der Waals surface area (Å²) in [5, 5.41) is 47.1. The van der Waals surface area contributed by atoms with E-state index in [1.54, 1.807) is 0 Å². The van der Waals surface area contributed by atoms with E-state index in [1.165, 1.54) is 0 Å². The Morgan fingerprint density at radius 2 is 1.74 bits per heavy atom. The number of nitrogens with one attached hydrogen (secondary N) is 1. The SMILES string of the molecule is OCC(O)C(O)C(O)[C@@H](O)c1nc2cc(C(F)(F)F)ccc2[nH]1. The molecule has 1 heterocycles. The van der Waals surface area contributed by atoms with Crippen molar-refractivity contribution in [1.82, 2.24) is 9.97 Å². The average Bonchev–Trinajstić information content (AvgIpc) is 2.94. The number of aromatic nitrogens is 2. The predicted molar refractivity (Wildman–Crippen MR) is 71.2 cm³/mol. The summed E-state index contributed by atoms with van der Waals surface area (Å²) in [6, 6.07) is 2.72. The predicted octanol–water partition coefficient (Wildman–Crippen LogP) is -0.310. The molecule has 0 aliphatic rings. The van der Waals surface area contributed by atoms with E-state index in [1.807, 2.05) is 0 Å². The Morgan fingerprint density at radius 1 is 1.09 bits per heavy atom. The highest BCUT2D eigenvalue weighted by Crippen LogP contribution is 2.31. The van der Waals surface area contributed by atoms with Gasteiger partial charge in [-0.15, -0.1) is 0 Å². The highest BCUT2D eigenvalue weighted by Gasteiger charge is 2.33. The highest BCUT2D eigenvalue weighted by atomic mass is 19.4. The first-order chi connectivity index (χ1) is 10.6. The van der Waals surface area contributed by atoms with Gasteiger partial charge in [0.2, 0.25) is 0 Å². The Hall–Kier alpha value is -1.72. The summed E-state index contributed by atoms with van der Waals surface area (Å²) in [5.74, 6) is -0.281. The number of benzene rings is 1. The Morgan fingerprint density at radius 3 is 2.30 bits per heavy atom. The summed E-state index contributed by atoms with van der Waals surface area (Å²) in [6.07, 6.45) is -11.8. The van der Waals surface area contributed by atoms with E-state index in [9.17, 15) is 33.6 Å². The number of hydrogen-bond acceptors (Lipinski definition) is 6. The Balaban J connectivity index is 2.29. The molecule has 0 amide bonds. The van der Waals surface area contributed by atoms with Crippen LogP contribution in [0.3, 0.4) is 0 Å². The van der Waals surface area contributed by atoms with Gasteiger partial charge >= 0.3 is 6.18 Å². The topological polar surface area (TPSA) is 130 Å². The fraction of sp³-hybridized carbons (Fsp3) is 0.462. The zero-order valence-electron chi connectivity index (χ0n) is 11.6. The molecule has 7 nitrogen and oxygen atoms in total. The Kier molecular flexibility index (Phi) is 4.92. The van der Waals surface area contributed by atoms with E-state index in [2.05, 4.69) is 9.97 Å². The van der Waals surface area contributed by atoms with E-state index in [0.29, 0.717) is 0 Å². The normalized spacial score (nSPS) is 17.9. The van der Waals surface area contributed by atoms with Crippen molar-refractivity contribution in [3.05, 3.63) is 29.6 Å². The third-order valence-corrected chi connectivity index (χ3v) is 3.36. The van der Waals surface area contributed by atoms with Crippen LogP contribution in [0.1, 0.15) is 17.5 Å². The number of alkyl halides is 3. The van der Waals surface area contributed by atoms with Gasteiger partial charge < -0.3 is 30.5 Å². The Bertz CT molecular complexity index is 675. The van der Waals surface area contributed by atoms with Gasteiger partial charge in [-0.2, -0.15) is 13.2 Å². The van der Waals surface area contributed by atoms with Crippen LogP contribution in [-0.2, 0) is 6.18 Å². The van der Waals surface area contributed by atoms with Crippen molar-refractivity contribution in [2.24, 2.45) is 0 Å². The molecule has 1 aromatic heterocycles. The van der Waals surface area contributed by atoms with Gasteiger partial charge in [-0.3, -0.25) is 0 Å². The van der Waals surface area contributed by atoms with Crippen molar-refractivity contribution < 1.29 is 38.7 Å². The van der Waals surface area contributed by atoms with Crippen LogP contribution in [0.15, 0.2) is 18.2 Å². The quantitative estimate of drug-likeness (QED) is 0.444. The minimum atomic E-state index is -4.55. The summed E-state index contributed by atoms with van der Waals surface area (Å²) in [6.45, 7) is -0.847. The maximum atomic E-state index is 12.6.